The van der Waals surface area contributed by atoms with Crippen LogP contribution in [0.1, 0.15) is 82.9 Å². The predicted octanol–water partition coefficient (Wildman–Crippen LogP) is 2.89. The van der Waals surface area contributed by atoms with Crippen LogP contribution >= 0.6 is 0 Å². The standard InChI is InChI=1S/C43H52F4N6O8/c1-23-16-34-42(60)61-25(3)36(41(59)52-15-7-9-33(52)40(58)51-14-6-5-8-32(51)38(56)48-24(2)39(57)53(34)22-23)50-37(55)31(19-27-17-29(44)21-30(45)18-27)49-35(54)20-26-10-12-28(13-11-26)43(4,46)47/h10-13,17-18,21,23-25,31-34,36H,5-9,14-16,19-20,22H2,1-4H3,(H,48,56)(H,49,54)(H,50,55)/t23-,24-,25-,31-,32-,33-,34-,36-/m0/s1. The number of nitrogens with zero attached hydrogens (tertiary/aromatic N) is 3. The summed E-state index contributed by atoms with van der Waals surface area (Å²) in [6.07, 6.45) is 0.138. The third-order valence-electron chi connectivity index (χ3n) is 11.9. The molecule has 330 valence electrons. The van der Waals surface area contributed by atoms with E-state index in [0.717, 1.165) is 31.2 Å². The maximum atomic E-state index is 14.7. The minimum Gasteiger partial charge on any atom is -0.458 e. The minimum absolute atomic E-state index is 0.0315. The van der Waals surface area contributed by atoms with Gasteiger partial charge in [-0.1, -0.05) is 31.2 Å². The molecular weight excluding hydrogens is 804 g/mol. The van der Waals surface area contributed by atoms with Crippen molar-refractivity contribution in [1.29, 1.82) is 0 Å². The number of nitrogens with one attached hydrogen (secondary N) is 3. The Kier molecular flexibility index (Phi) is 13.7. The molecule has 0 aliphatic carbocycles. The number of hydrogen-bond donors (Lipinski definition) is 3. The van der Waals surface area contributed by atoms with E-state index in [1.807, 2.05) is 6.92 Å². The van der Waals surface area contributed by atoms with Crippen molar-refractivity contribution in [1.82, 2.24) is 30.7 Å². The van der Waals surface area contributed by atoms with E-state index in [0.29, 0.717) is 37.3 Å². The van der Waals surface area contributed by atoms with Crippen LogP contribution in [0.4, 0.5) is 17.6 Å². The van der Waals surface area contributed by atoms with Crippen LogP contribution in [-0.2, 0) is 57.1 Å². The number of piperidine rings is 1. The Hall–Kier alpha value is -5.55. The number of esters is 1. The summed E-state index contributed by atoms with van der Waals surface area (Å²) in [5.41, 5.74) is 0.00209. The number of rotatable bonds is 8. The zero-order valence-corrected chi connectivity index (χ0v) is 34.6. The maximum Gasteiger partial charge on any atom is 0.329 e. The van der Waals surface area contributed by atoms with Crippen molar-refractivity contribution >= 4 is 41.4 Å². The Morgan fingerprint density at radius 3 is 2.13 bits per heavy atom. The van der Waals surface area contributed by atoms with E-state index < -0.39 is 108 Å². The normalized spacial score (nSPS) is 27.1. The lowest BCUT2D eigenvalue weighted by Gasteiger charge is -2.39. The largest absolute Gasteiger partial charge is 0.458 e. The highest BCUT2D eigenvalue weighted by Gasteiger charge is 2.47. The molecule has 4 heterocycles. The summed E-state index contributed by atoms with van der Waals surface area (Å²) in [5.74, 6) is -10.2. The average molecular weight is 857 g/mol. The van der Waals surface area contributed by atoms with Gasteiger partial charge in [-0.05, 0) is 81.5 Å². The van der Waals surface area contributed by atoms with Gasteiger partial charge in [0, 0.05) is 44.6 Å². The second-order valence-electron chi connectivity index (χ2n) is 16.8. The SMILES string of the molecule is C[C@H]1C[C@H]2C(=O)O[C@@H](C)[C@H](NC(=O)[C@H](Cc3cc(F)cc(F)c3)NC(=O)Cc3ccc(C(C)(F)F)cc3)C(=O)N3CCC[C@H]3C(=O)N3CCCC[C@H]3C(=O)N[C@@H](C)C(=O)N2C1. The van der Waals surface area contributed by atoms with Gasteiger partial charge in [0.15, 0.2) is 0 Å². The van der Waals surface area contributed by atoms with Crippen LogP contribution in [0.3, 0.4) is 0 Å². The molecule has 18 heteroatoms. The second kappa shape index (κ2) is 18.6. The summed E-state index contributed by atoms with van der Waals surface area (Å²) in [5, 5.41) is 7.88. The van der Waals surface area contributed by atoms with Gasteiger partial charge >= 0.3 is 5.97 Å². The van der Waals surface area contributed by atoms with E-state index in [4.69, 9.17) is 4.74 Å². The van der Waals surface area contributed by atoms with Crippen LogP contribution in [-0.4, -0.2) is 118 Å². The van der Waals surface area contributed by atoms with Crippen LogP contribution in [0.25, 0.3) is 0 Å². The lowest BCUT2D eigenvalue weighted by atomic mass is 9.99. The van der Waals surface area contributed by atoms with Crippen molar-refractivity contribution < 1.29 is 55.9 Å². The molecule has 0 radical (unpaired) electrons. The van der Waals surface area contributed by atoms with Gasteiger partial charge in [0.25, 0.3) is 5.92 Å². The zero-order valence-electron chi connectivity index (χ0n) is 34.6. The summed E-state index contributed by atoms with van der Waals surface area (Å²) in [7, 11) is 0. The third-order valence-corrected chi connectivity index (χ3v) is 11.9. The summed E-state index contributed by atoms with van der Waals surface area (Å²) < 4.78 is 62.3. The fraction of sp³-hybridized carbons (Fsp3) is 0.558. The van der Waals surface area contributed by atoms with Crippen molar-refractivity contribution in [3.05, 3.63) is 70.8 Å². The predicted molar refractivity (Wildman–Crippen MR) is 210 cm³/mol. The summed E-state index contributed by atoms with van der Waals surface area (Å²) in [6.45, 7) is 5.92. The summed E-state index contributed by atoms with van der Waals surface area (Å²) >= 11 is 0. The Bertz CT molecular complexity index is 2010. The molecule has 6 rings (SSSR count). The van der Waals surface area contributed by atoms with Crippen LogP contribution in [0, 0.1) is 17.6 Å². The van der Waals surface area contributed by atoms with Gasteiger partial charge in [-0.25, -0.2) is 22.4 Å². The first-order valence-corrected chi connectivity index (χ1v) is 20.7. The van der Waals surface area contributed by atoms with Crippen molar-refractivity contribution in [2.45, 2.75) is 127 Å². The molecule has 2 aromatic rings. The molecule has 4 aliphatic rings. The monoisotopic (exact) mass is 856 g/mol. The maximum absolute atomic E-state index is 14.7. The minimum atomic E-state index is -3.13. The lowest BCUT2D eigenvalue weighted by Crippen LogP contribution is -2.63. The topological polar surface area (TPSA) is 175 Å². The molecule has 0 bridgehead atoms. The van der Waals surface area contributed by atoms with Gasteiger partial charge in [0.05, 0.1) is 6.42 Å². The molecular formula is C43H52F4N6O8. The third kappa shape index (κ3) is 10.5. The fourth-order valence-electron chi connectivity index (χ4n) is 8.74. The van der Waals surface area contributed by atoms with Crippen molar-refractivity contribution in [3.8, 4) is 0 Å². The first-order valence-electron chi connectivity index (χ1n) is 20.7. The van der Waals surface area contributed by atoms with E-state index >= 15 is 0 Å². The number of carbonyl (C=O) groups excluding carboxylic acids is 7. The molecule has 61 heavy (non-hydrogen) atoms. The van der Waals surface area contributed by atoms with Gasteiger partial charge in [-0.2, -0.15) is 0 Å². The zero-order chi connectivity index (χ0) is 44.3. The van der Waals surface area contributed by atoms with Crippen molar-refractivity contribution in [2.24, 2.45) is 5.92 Å². The number of carbonyl (C=O) groups is 7. The number of ether oxygens (including phenoxy) is 1. The highest BCUT2D eigenvalue weighted by atomic mass is 19.3. The Balaban J connectivity index is 1.33. The van der Waals surface area contributed by atoms with E-state index in [2.05, 4.69) is 16.0 Å². The molecule has 0 saturated carbocycles. The molecule has 8 atom stereocenters. The summed E-state index contributed by atoms with van der Waals surface area (Å²) in [4.78, 5) is 102. The number of halogens is 4. The van der Waals surface area contributed by atoms with Gasteiger partial charge in [-0.3, -0.25) is 28.8 Å². The molecule has 2 aromatic carbocycles. The molecule has 14 nitrogen and oxygen atoms in total. The number of benzene rings is 2. The number of amides is 6. The number of fused-ring (bicyclic) bond motifs is 3. The molecule has 0 unspecified atom stereocenters. The van der Waals surface area contributed by atoms with Crippen molar-refractivity contribution in [2.75, 3.05) is 19.6 Å². The Morgan fingerprint density at radius 1 is 0.820 bits per heavy atom. The van der Waals surface area contributed by atoms with Gasteiger partial charge in [0.1, 0.15) is 54.0 Å². The molecule has 6 amide bonds. The highest BCUT2D eigenvalue weighted by molar-refractivity contribution is 5.98. The van der Waals surface area contributed by atoms with Gasteiger partial charge in [-0.15, -0.1) is 0 Å². The van der Waals surface area contributed by atoms with E-state index in [-0.39, 0.29) is 55.9 Å². The van der Waals surface area contributed by atoms with Crippen LogP contribution in [0.15, 0.2) is 42.5 Å². The van der Waals surface area contributed by atoms with Crippen LogP contribution < -0.4 is 16.0 Å². The van der Waals surface area contributed by atoms with Gasteiger partial charge in [0.2, 0.25) is 35.4 Å². The Morgan fingerprint density at radius 2 is 1.46 bits per heavy atom. The molecule has 4 aliphatic heterocycles. The van der Waals surface area contributed by atoms with Crippen molar-refractivity contribution in [3.63, 3.8) is 0 Å². The number of hydrogen-bond acceptors (Lipinski definition) is 8. The quantitative estimate of drug-likeness (QED) is 0.269. The van der Waals surface area contributed by atoms with E-state index in [1.165, 1.54) is 40.7 Å². The van der Waals surface area contributed by atoms with Crippen LogP contribution in [0.5, 0.6) is 0 Å². The first-order chi connectivity index (χ1) is 28.8. The summed E-state index contributed by atoms with van der Waals surface area (Å²) in [6, 6.07) is 0.147. The molecule has 4 fully saturated rings. The molecule has 0 aromatic heterocycles. The Labute approximate surface area is 351 Å². The van der Waals surface area contributed by atoms with E-state index in [9.17, 15) is 51.1 Å². The second-order valence-corrected chi connectivity index (χ2v) is 16.8. The molecule has 0 spiro atoms. The fourth-order valence-corrected chi connectivity index (χ4v) is 8.74. The van der Waals surface area contributed by atoms with Gasteiger partial charge < -0.3 is 35.4 Å². The first kappa shape index (κ1) is 45.0. The average Bonchev–Trinajstić information content (AvgIpc) is 3.85. The number of cyclic esters (lactones) is 1. The lowest BCUT2D eigenvalue weighted by molar-refractivity contribution is -0.163. The molecule has 3 N–H and O–H groups in total. The molecule has 4 saturated heterocycles. The van der Waals surface area contributed by atoms with Crippen LogP contribution in [0.2, 0.25) is 0 Å². The highest BCUT2D eigenvalue weighted by Crippen LogP contribution is 2.30. The number of alkyl halides is 2. The smallest absolute Gasteiger partial charge is 0.329 e. The van der Waals surface area contributed by atoms with E-state index in [1.54, 1.807) is 0 Å².